The van der Waals surface area contributed by atoms with Gasteiger partial charge in [-0.05, 0) is 38.1 Å². The third-order valence-corrected chi connectivity index (χ3v) is 3.92. The predicted molar refractivity (Wildman–Crippen MR) is 82.1 cm³/mol. The third-order valence-electron chi connectivity index (χ3n) is 3.92. The number of nitrogens with zero attached hydrogens (tertiary/aromatic N) is 3. The van der Waals surface area contributed by atoms with E-state index in [4.69, 9.17) is 12.7 Å². The van der Waals surface area contributed by atoms with E-state index in [1.165, 1.54) is 6.20 Å². The number of piperidine rings is 1. The zero-order valence-corrected chi connectivity index (χ0v) is 12.3. The number of hydrogen-bond acceptors (Lipinski definition) is 4. The standard InChI is InChI=1S/C16H17BFN3O/c17-21-8-5-12(6-9-21)15-2-1-3-16(20-15)22-11-13-4-7-19-10-14(13)18/h1-4,7,10,12H,5-6,8-9,11H2. The summed E-state index contributed by atoms with van der Waals surface area (Å²) in [7, 11) is 5.78. The first kappa shape index (κ1) is 15.0. The van der Waals surface area contributed by atoms with Gasteiger partial charge >= 0.3 is 0 Å². The van der Waals surface area contributed by atoms with E-state index in [2.05, 4.69) is 9.97 Å². The number of pyridine rings is 2. The summed E-state index contributed by atoms with van der Waals surface area (Å²) >= 11 is 0. The molecule has 0 spiro atoms. The van der Waals surface area contributed by atoms with Crippen molar-refractivity contribution in [1.29, 1.82) is 0 Å². The van der Waals surface area contributed by atoms with Crippen LogP contribution in [0.1, 0.15) is 30.0 Å². The Hall–Kier alpha value is -1.95. The average Bonchev–Trinajstić information content (AvgIpc) is 2.55. The van der Waals surface area contributed by atoms with Crippen LogP contribution >= 0.6 is 0 Å². The van der Waals surface area contributed by atoms with Gasteiger partial charge in [0.1, 0.15) is 12.4 Å². The van der Waals surface area contributed by atoms with Gasteiger partial charge in [0.25, 0.3) is 0 Å². The van der Waals surface area contributed by atoms with Crippen molar-refractivity contribution in [1.82, 2.24) is 14.8 Å². The molecule has 2 aromatic heterocycles. The van der Waals surface area contributed by atoms with E-state index in [0.717, 1.165) is 31.6 Å². The number of hydrogen-bond donors (Lipinski definition) is 0. The highest BCUT2D eigenvalue weighted by Crippen LogP contribution is 2.27. The summed E-state index contributed by atoms with van der Waals surface area (Å²) in [6.45, 7) is 1.89. The molecular weight excluding hydrogens is 280 g/mol. The summed E-state index contributed by atoms with van der Waals surface area (Å²) in [4.78, 5) is 10.1. The van der Waals surface area contributed by atoms with E-state index in [0.29, 0.717) is 17.4 Å². The van der Waals surface area contributed by atoms with Crippen LogP contribution in [0.4, 0.5) is 4.39 Å². The van der Waals surface area contributed by atoms with Crippen LogP contribution in [-0.2, 0) is 6.61 Å². The highest BCUT2D eigenvalue weighted by Gasteiger charge is 2.19. The van der Waals surface area contributed by atoms with Gasteiger partial charge in [0.2, 0.25) is 5.88 Å². The number of halogens is 1. The van der Waals surface area contributed by atoms with Gasteiger partial charge in [0.05, 0.1) is 6.20 Å². The van der Waals surface area contributed by atoms with Gasteiger partial charge in [0.15, 0.2) is 7.98 Å². The van der Waals surface area contributed by atoms with Crippen molar-refractivity contribution in [2.45, 2.75) is 25.4 Å². The summed E-state index contributed by atoms with van der Waals surface area (Å²) in [6, 6.07) is 7.34. The highest BCUT2D eigenvalue weighted by molar-refractivity contribution is 6.04. The second-order valence-electron chi connectivity index (χ2n) is 5.47. The van der Waals surface area contributed by atoms with E-state index >= 15 is 0 Å². The maximum atomic E-state index is 13.5. The van der Waals surface area contributed by atoms with Crippen LogP contribution in [-0.4, -0.2) is 35.8 Å². The van der Waals surface area contributed by atoms with Crippen LogP contribution in [0.15, 0.2) is 36.7 Å². The zero-order valence-electron chi connectivity index (χ0n) is 12.3. The molecule has 0 amide bonds. The molecule has 1 aliphatic rings. The van der Waals surface area contributed by atoms with Gasteiger partial charge in [0, 0.05) is 29.4 Å². The average molecular weight is 297 g/mol. The normalized spacial score (nSPS) is 16.6. The van der Waals surface area contributed by atoms with Gasteiger partial charge in [-0.15, -0.1) is 0 Å². The number of ether oxygens (including phenoxy) is 1. The lowest BCUT2D eigenvalue weighted by Crippen LogP contribution is -2.30. The fourth-order valence-corrected chi connectivity index (χ4v) is 2.61. The van der Waals surface area contributed by atoms with Crippen molar-refractivity contribution in [3.05, 3.63) is 53.7 Å². The Morgan fingerprint density at radius 2 is 2.09 bits per heavy atom. The largest absolute Gasteiger partial charge is 0.473 e. The topological polar surface area (TPSA) is 38.2 Å². The third kappa shape index (κ3) is 3.63. The van der Waals surface area contributed by atoms with E-state index in [1.807, 2.05) is 16.9 Å². The molecule has 1 saturated heterocycles. The minimum atomic E-state index is -0.367. The molecule has 2 aromatic rings. The quantitative estimate of drug-likeness (QED) is 0.813. The molecule has 0 bridgehead atoms. The first-order valence-electron chi connectivity index (χ1n) is 7.40. The van der Waals surface area contributed by atoms with Crippen LogP contribution in [0, 0.1) is 5.82 Å². The molecule has 0 atom stereocenters. The van der Waals surface area contributed by atoms with Crippen LogP contribution in [0.5, 0.6) is 5.88 Å². The maximum absolute atomic E-state index is 13.5. The molecular formula is C16H17BFN3O. The van der Waals surface area contributed by atoms with E-state index < -0.39 is 0 Å². The SMILES string of the molecule is [B]N1CCC(c2cccc(OCc3ccncc3F)n2)CC1. The van der Waals surface area contributed by atoms with Crippen LogP contribution in [0.25, 0.3) is 0 Å². The van der Waals surface area contributed by atoms with Gasteiger partial charge in [-0.1, -0.05) is 6.07 Å². The molecule has 0 saturated carbocycles. The molecule has 112 valence electrons. The fourth-order valence-electron chi connectivity index (χ4n) is 2.61. The molecule has 4 nitrogen and oxygen atoms in total. The molecule has 0 aliphatic carbocycles. The van der Waals surface area contributed by atoms with Crippen molar-refractivity contribution >= 4 is 7.98 Å². The zero-order chi connectivity index (χ0) is 15.4. The molecule has 2 radical (unpaired) electrons. The van der Waals surface area contributed by atoms with Gasteiger partial charge in [-0.3, -0.25) is 4.98 Å². The van der Waals surface area contributed by atoms with Crippen molar-refractivity contribution in [2.24, 2.45) is 0 Å². The Morgan fingerprint density at radius 3 is 2.86 bits per heavy atom. The minimum Gasteiger partial charge on any atom is -0.473 e. The summed E-state index contributed by atoms with van der Waals surface area (Å²) in [6.07, 6.45) is 4.72. The Morgan fingerprint density at radius 1 is 1.27 bits per heavy atom. The molecule has 1 aliphatic heterocycles. The first-order chi connectivity index (χ1) is 10.7. The molecule has 0 N–H and O–H groups in total. The molecule has 3 heterocycles. The Balaban J connectivity index is 1.65. The summed E-state index contributed by atoms with van der Waals surface area (Å²) in [5.74, 6) is 0.555. The molecule has 0 unspecified atom stereocenters. The van der Waals surface area contributed by atoms with E-state index in [1.54, 1.807) is 18.3 Å². The molecule has 3 rings (SSSR count). The maximum Gasteiger partial charge on any atom is 0.213 e. The smallest absolute Gasteiger partial charge is 0.213 e. The Kier molecular flexibility index (Phi) is 4.68. The monoisotopic (exact) mass is 297 g/mol. The lowest BCUT2D eigenvalue weighted by Gasteiger charge is -2.29. The predicted octanol–water partition coefficient (Wildman–Crippen LogP) is 2.46. The van der Waals surface area contributed by atoms with Crippen molar-refractivity contribution in [3.63, 3.8) is 0 Å². The van der Waals surface area contributed by atoms with Crippen LogP contribution in [0.2, 0.25) is 0 Å². The minimum absolute atomic E-state index is 0.145. The molecule has 6 heteroatoms. The van der Waals surface area contributed by atoms with Gasteiger partial charge < -0.3 is 9.55 Å². The van der Waals surface area contributed by atoms with Crippen molar-refractivity contribution in [2.75, 3.05) is 13.1 Å². The van der Waals surface area contributed by atoms with E-state index in [9.17, 15) is 4.39 Å². The molecule has 1 fully saturated rings. The van der Waals surface area contributed by atoms with E-state index in [-0.39, 0.29) is 12.4 Å². The fraction of sp³-hybridized carbons (Fsp3) is 0.375. The van der Waals surface area contributed by atoms with Crippen molar-refractivity contribution < 1.29 is 9.13 Å². The highest BCUT2D eigenvalue weighted by atomic mass is 19.1. The number of aromatic nitrogens is 2. The van der Waals surface area contributed by atoms with Crippen LogP contribution < -0.4 is 4.74 Å². The van der Waals surface area contributed by atoms with Crippen molar-refractivity contribution in [3.8, 4) is 5.88 Å². The number of rotatable bonds is 4. The Bertz CT molecular complexity index is 632. The lowest BCUT2D eigenvalue weighted by molar-refractivity contribution is 0.283. The van der Waals surface area contributed by atoms with Gasteiger partial charge in [-0.2, -0.15) is 0 Å². The first-order valence-corrected chi connectivity index (χ1v) is 7.40. The lowest BCUT2D eigenvalue weighted by atomic mass is 9.92. The second kappa shape index (κ2) is 6.88. The Labute approximate surface area is 130 Å². The molecule has 0 aromatic carbocycles. The van der Waals surface area contributed by atoms with Gasteiger partial charge in [-0.25, -0.2) is 9.37 Å². The second-order valence-corrected chi connectivity index (χ2v) is 5.47. The summed E-state index contributed by atoms with van der Waals surface area (Å²) in [5.41, 5.74) is 1.49. The van der Waals surface area contributed by atoms with Crippen LogP contribution in [0.3, 0.4) is 0 Å². The summed E-state index contributed by atoms with van der Waals surface area (Å²) in [5, 5.41) is 0. The molecule has 22 heavy (non-hydrogen) atoms. The summed E-state index contributed by atoms with van der Waals surface area (Å²) < 4.78 is 19.1.